The first-order valence-corrected chi connectivity index (χ1v) is 11.4. The van der Waals surface area contributed by atoms with Gasteiger partial charge in [-0.15, -0.1) is 0 Å². The maximum absolute atomic E-state index is 13.9. The number of nitrogens with zero attached hydrogens (tertiary/aromatic N) is 7. The van der Waals surface area contributed by atoms with Gasteiger partial charge in [-0.05, 0) is 49.6 Å². The molecule has 0 amide bonds. The predicted octanol–water partition coefficient (Wildman–Crippen LogP) is 4.18. The molecule has 170 valence electrons. The summed E-state index contributed by atoms with van der Waals surface area (Å²) in [5, 5.41) is 14.0. The first-order chi connectivity index (χ1) is 17.1. The molecule has 3 heterocycles. The number of aromatic nitrogens is 6. The van der Waals surface area contributed by atoms with Gasteiger partial charge < -0.3 is 5.32 Å². The molecular weight excluding hydrogens is 440 g/mol. The van der Waals surface area contributed by atoms with Crippen LogP contribution in [0.15, 0.2) is 66.2 Å². The zero-order valence-electron chi connectivity index (χ0n) is 18.9. The Morgan fingerprint density at radius 2 is 1.91 bits per heavy atom. The van der Waals surface area contributed by atoms with Crippen molar-refractivity contribution in [3.63, 3.8) is 0 Å². The van der Waals surface area contributed by atoms with Crippen molar-refractivity contribution < 1.29 is 0 Å². The van der Waals surface area contributed by atoms with Crippen molar-refractivity contribution in [1.29, 1.82) is 5.26 Å². The van der Waals surface area contributed by atoms with Crippen molar-refractivity contribution in [3.05, 3.63) is 83.2 Å². The van der Waals surface area contributed by atoms with Gasteiger partial charge in [0.1, 0.15) is 24.3 Å². The Hall–Kier alpha value is -4.71. The van der Waals surface area contributed by atoms with E-state index in [9.17, 15) is 10.1 Å². The van der Waals surface area contributed by atoms with Crippen LogP contribution in [0.2, 0.25) is 0 Å². The van der Waals surface area contributed by atoms with Crippen molar-refractivity contribution in [2.24, 2.45) is 0 Å². The highest BCUT2D eigenvalue weighted by Crippen LogP contribution is 2.37. The number of hydrogen-bond acceptors (Lipinski definition) is 8. The average Bonchev–Trinajstić information content (AvgIpc) is 3.74. The number of anilines is 1. The summed E-state index contributed by atoms with van der Waals surface area (Å²) in [5.74, 6) is 1.24. The summed E-state index contributed by atoms with van der Waals surface area (Å²) >= 11 is 0. The van der Waals surface area contributed by atoms with Crippen LogP contribution < -0.4 is 10.9 Å². The number of fused-ring (bicyclic) bond motifs is 2. The van der Waals surface area contributed by atoms with E-state index < -0.39 is 0 Å². The molecule has 1 N–H and O–H groups in total. The van der Waals surface area contributed by atoms with Crippen LogP contribution in [0.4, 0.5) is 5.82 Å². The zero-order chi connectivity index (χ0) is 23.9. The van der Waals surface area contributed by atoms with Gasteiger partial charge in [-0.3, -0.25) is 9.36 Å². The molecule has 1 atom stereocenters. The van der Waals surface area contributed by atoms with Crippen molar-refractivity contribution in [2.75, 3.05) is 5.32 Å². The van der Waals surface area contributed by atoms with Gasteiger partial charge in [0.05, 0.1) is 34.1 Å². The molecule has 0 radical (unpaired) electrons. The monoisotopic (exact) mass is 460 g/mol. The molecule has 35 heavy (non-hydrogen) atoms. The quantitative estimate of drug-likeness (QED) is 0.414. The Morgan fingerprint density at radius 3 is 2.69 bits per heavy atom. The number of nitrogens with one attached hydrogen (secondary N) is 1. The van der Waals surface area contributed by atoms with Crippen molar-refractivity contribution in [3.8, 4) is 17.2 Å². The summed E-state index contributed by atoms with van der Waals surface area (Å²) in [5.41, 5.74) is 3.36. The SMILES string of the molecule is C[C@H](Nc1ncnc2ccc(C#N)cc12)c1nc2cccc(-c3cncnc3)c2c(=O)n1C1CC1. The van der Waals surface area contributed by atoms with Crippen molar-refractivity contribution in [2.45, 2.75) is 31.8 Å². The molecule has 1 fully saturated rings. The summed E-state index contributed by atoms with van der Waals surface area (Å²) in [6.45, 7) is 1.96. The highest BCUT2D eigenvalue weighted by molar-refractivity contribution is 5.94. The van der Waals surface area contributed by atoms with Crippen LogP contribution in [0.1, 0.15) is 43.2 Å². The molecule has 0 spiro atoms. The van der Waals surface area contributed by atoms with Crippen LogP contribution in [0.3, 0.4) is 0 Å². The Labute approximate surface area is 200 Å². The molecule has 9 heteroatoms. The van der Waals surface area contributed by atoms with E-state index in [1.165, 1.54) is 12.7 Å². The summed E-state index contributed by atoms with van der Waals surface area (Å²) < 4.78 is 1.82. The second-order valence-electron chi connectivity index (χ2n) is 8.64. The first kappa shape index (κ1) is 20.9. The highest BCUT2D eigenvalue weighted by Gasteiger charge is 2.31. The minimum atomic E-state index is -0.319. The second-order valence-corrected chi connectivity index (χ2v) is 8.64. The molecular formula is C26H20N8O. The Bertz CT molecular complexity index is 1690. The number of nitriles is 1. The predicted molar refractivity (Wildman–Crippen MR) is 132 cm³/mol. The van der Waals surface area contributed by atoms with Crippen LogP contribution in [0.25, 0.3) is 32.9 Å². The third kappa shape index (κ3) is 3.65. The van der Waals surface area contributed by atoms with E-state index in [0.29, 0.717) is 28.1 Å². The lowest BCUT2D eigenvalue weighted by atomic mass is 10.0. The lowest BCUT2D eigenvalue weighted by Gasteiger charge is -2.21. The average molecular weight is 461 g/mol. The van der Waals surface area contributed by atoms with E-state index in [2.05, 4.69) is 31.3 Å². The normalized spacial score (nSPS) is 14.1. The van der Waals surface area contributed by atoms with Crippen LogP contribution in [0.5, 0.6) is 0 Å². The van der Waals surface area contributed by atoms with Crippen LogP contribution >= 0.6 is 0 Å². The van der Waals surface area contributed by atoms with E-state index in [0.717, 1.165) is 34.9 Å². The summed E-state index contributed by atoms with van der Waals surface area (Å²) in [6, 6.07) is 12.9. The minimum Gasteiger partial charge on any atom is -0.360 e. The van der Waals surface area contributed by atoms with Gasteiger partial charge in [-0.2, -0.15) is 5.26 Å². The second kappa shape index (κ2) is 8.25. The molecule has 0 aliphatic heterocycles. The summed E-state index contributed by atoms with van der Waals surface area (Å²) in [7, 11) is 0. The smallest absolute Gasteiger partial charge is 0.262 e. The highest BCUT2D eigenvalue weighted by atomic mass is 16.1. The minimum absolute atomic E-state index is 0.0695. The molecule has 9 nitrogen and oxygen atoms in total. The maximum atomic E-state index is 13.9. The third-order valence-electron chi connectivity index (χ3n) is 6.25. The van der Waals surface area contributed by atoms with Gasteiger partial charge in [-0.1, -0.05) is 12.1 Å². The fourth-order valence-corrected chi connectivity index (χ4v) is 4.44. The van der Waals surface area contributed by atoms with Crippen molar-refractivity contribution in [1.82, 2.24) is 29.5 Å². The molecule has 1 saturated carbocycles. The Balaban J connectivity index is 1.49. The molecule has 5 aromatic rings. The van der Waals surface area contributed by atoms with Gasteiger partial charge in [0.15, 0.2) is 0 Å². The van der Waals surface area contributed by atoms with E-state index in [-0.39, 0.29) is 17.6 Å². The molecule has 1 aliphatic rings. The summed E-state index contributed by atoms with van der Waals surface area (Å²) in [6.07, 6.45) is 8.24. The van der Waals surface area contributed by atoms with Gasteiger partial charge in [-0.25, -0.2) is 24.9 Å². The molecule has 3 aromatic heterocycles. The Morgan fingerprint density at radius 1 is 1.09 bits per heavy atom. The topological polar surface area (TPSA) is 122 Å². The van der Waals surface area contributed by atoms with Gasteiger partial charge in [0, 0.05) is 29.4 Å². The Kier molecular flexibility index (Phi) is 4.92. The van der Waals surface area contributed by atoms with E-state index in [4.69, 9.17) is 4.98 Å². The standard InChI is InChI=1S/C26H20N8O/c1-15(32-24-20-9-16(10-27)5-8-21(20)30-14-31-24)25-33-22-4-2-3-19(17-11-28-13-29-12-17)23(22)26(35)34(25)18-6-7-18/h2-5,8-9,11-15,18H,6-7H2,1H3,(H,30,31,32)/t15-/m0/s1. The van der Waals surface area contributed by atoms with Gasteiger partial charge >= 0.3 is 0 Å². The lowest BCUT2D eigenvalue weighted by Crippen LogP contribution is -2.28. The first-order valence-electron chi connectivity index (χ1n) is 11.4. The number of hydrogen-bond donors (Lipinski definition) is 1. The molecule has 0 unspecified atom stereocenters. The fourth-order valence-electron chi connectivity index (χ4n) is 4.44. The largest absolute Gasteiger partial charge is 0.360 e. The molecule has 2 aromatic carbocycles. The number of rotatable bonds is 5. The van der Waals surface area contributed by atoms with Gasteiger partial charge in [0.25, 0.3) is 5.56 Å². The van der Waals surface area contributed by atoms with Crippen molar-refractivity contribution >= 4 is 27.6 Å². The van der Waals surface area contributed by atoms with Crippen LogP contribution in [0, 0.1) is 11.3 Å². The van der Waals surface area contributed by atoms with E-state index in [1.807, 2.05) is 29.7 Å². The molecule has 0 bridgehead atoms. The molecule has 1 aliphatic carbocycles. The van der Waals surface area contributed by atoms with Crippen LogP contribution in [-0.4, -0.2) is 29.5 Å². The molecule has 0 saturated heterocycles. The fraction of sp³-hybridized carbons (Fsp3) is 0.192. The van der Waals surface area contributed by atoms with E-state index >= 15 is 0 Å². The third-order valence-corrected chi connectivity index (χ3v) is 6.25. The van der Waals surface area contributed by atoms with E-state index in [1.54, 1.807) is 30.6 Å². The maximum Gasteiger partial charge on any atom is 0.262 e. The van der Waals surface area contributed by atoms with Crippen LogP contribution in [-0.2, 0) is 0 Å². The summed E-state index contributed by atoms with van der Waals surface area (Å²) in [4.78, 5) is 35.8. The molecule has 6 rings (SSSR count). The van der Waals surface area contributed by atoms with Gasteiger partial charge in [0.2, 0.25) is 0 Å². The zero-order valence-corrected chi connectivity index (χ0v) is 18.9. The lowest BCUT2D eigenvalue weighted by molar-refractivity contribution is 0.610. The number of benzene rings is 2.